The summed E-state index contributed by atoms with van der Waals surface area (Å²) in [6.07, 6.45) is 0. The molecule has 15 heavy (non-hydrogen) atoms. The zero-order chi connectivity index (χ0) is 10.4. The van der Waals surface area contributed by atoms with Crippen molar-refractivity contribution in [3.8, 4) is 0 Å². The number of aromatic amines is 1. The van der Waals surface area contributed by atoms with Gasteiger partial charge in [0.15, 0.2) is 0 Å². The molecule has 0 aliphatic carbocycles. The van der Waals surface area contributed by atoms with E-state index in [0.29, 0.717) is 0 Å². The van der Waals surface area contributed by atoms with E-state index >= 15 is 0 Å². The summed E-state index contributed by atoms with van der Waals surface area (Å²) >= 11 is 0. The third-order valence-corrected chi connectivity index (χ3v) is 2.90. The van der Waals surface area contributed by atoms with E-state index in [2.05, 4.69) is 55.2 Å². The van der Waals surface area contributed by atoms with E-state index in [1.54, 1.807) is 0 Å². The third kappa shape index (κ3) is 1.23. The van der Waals surface area contributed by atoms with Gasteiger partial charge in [-0.05, 0) is 25.3 Å². The Balaban J connectivity index is 2.53. The number of H-pyrrole nitrogens is 1. The minimum absolute atomic E-state index is 1.22. The highest BCUT2D eigenvalue weighted by Crippen LogP contribution is 2.25. The van der Waals surface area contributed by atoms with Gasteiger partial charge in [0, 0.05) is 16.5 Å². The van der Waals surface area contributed by atoms with Crippen LogP contribution in [-0.4, -0.2) is 4.98 Å². The molecule has 1 aromatic heterocycles. The van der Waals surface area contributed by atoms with E-state index in [-0.39, 0.29) is 0 Å². The fraction of sp³-hybridized carbons (Fsp3) is 0.143. The van der Waals surface area contributed by atoms with E-state index in [4.69, 9.17) is 0 Å². The lowest BCUT2D eigenvalue weighted by Crippen LogP contribution is -1.77. The summed E-state index contributed by atoms with van der Waals surface area (Å²) in [6, 6.07) is 13.2. The molecule has 0 aliphatic heterocycles. The van der Waals surface area contributed by atoms with Gasteiger partial charge in [-0.25, -0.2) is 0 Å². The Labute approximate surface area is 88.7 Å². The maximum atomic E-state index is 3.42. The molecule has 0 radical (unpaired) electrons. The number of benzene rings is 2. The van der Waals surface area contributed by atoms with Crippen molar-refractivity contribution < 1.29 is 0 Å². The maximum absolute atomic E-state index is 3.42. The van der Waals surface area contributed by atoms with Crippen LogP contribution < -0.4 is 0 Å². The SMILES string of the molecule is Cc1ccc2c(ccc3cc(C)[nH]c32)c1. The van der Waals surface area contributed by atoms with Crippen molar-refractivity contribution in [2.24, 2.45) is 0 Å². The molecule has 3 rings (SSSR count). The highest BCUT2D eigenvalue weighted by molar-refractivity contribution is 6.05. The first-order chi connectivity index (χ1) is 7.24. The van der Waals surface area contributed by atoms with Gasteiger partial charge in [0.1, 0.15) is 0 Å². The lowest BCUT2D eigenvalue weighted by Gasteiger charge is -2.00. The molecule has 3 aromatic rings. The standard InChI is InChI=1S/C14H13N/c1-9-3-6-13-11(7-9)4-5-12-8-10(2)15-14(12)13/h3-8,15H,1-2H3. The van der Waals surface area contributed by atoms with Crippen molar-refractivity contribution in [1.82, 2.24) is 4.98 Å². The highest BCUT2D eigenvalue weighted by atomic mass is 14.7. The number of rotatable bonds is 0. The van der Waals surface area contributed by atoms with Crippen LogP contribution in [0.3, 0.4) is 0 Å². The number of hydrogen-bond acceptors (Lipinski definition) is 0. The van der Waals surface area contributed by atoms with Crippen molar-refractivity contribution in [3.05, 3.63) is 47.7 Å². The summed E-state index contributed by atoms with van der Waals surface area (Å²) in [4.78, 5) is 3.42. The molecule has 0 spiro atoms. The van der Waals surface area contributed by atoms with Crippen molar-refractivity contribution in [2.75, 3.05) is 0 Å². The van der Waals surface area contributed by atoms with Gasteiger partial charge >= 0.3 is 0 Å². The molecule has 0 fully saturated rings. The van der Waals surface area contributed by atoms with Gasteiger partial charge in [0.2, 0.25) is 0 Å². The first kappa shape index (κ1) is 8.54. The zero-order valence-electron chi connectivity index (χ0n) is 8.96. The molecule has 74 valence electrons. The summed E-state index contributed by atoms with van der Waals surface area (Å²) in [5.74, 6) is 0. The van der Waals surface area contributed by atoms with Crippen LogP contribution in [0.25, 0.3) is 21.7 Å². The number of hydrogen-bond donors (Lipinski definition) is 1. The second kappa shape index (κ2) is 2.86. The van der Waals surface area contributed by atoms with Crippen molar-refractivity contribution in [3.63, 3.8) is 0 Å². The molecule has 0 aliphatic rings. The van der Waals surface area contributed by atoms with Gasteiger partial charge in [0.05, 0.1) is 5.52 Å². The highest BCUT2D eigenvalue weighted by Gasteiger charge is 2.02. The Morgan fingerprint density at radius 1 is 0.867 bits per heavy atom. The van der Waals surface area contributed by atoms with Crippen molar-refractivity contribution >= 4 is 21.7 Å². The van der Waals surface area contributed by atoms with E-state index in [9.17, 15) is 0 Å². The molecule has 0 bridgehead atoms. The smallest absolute Gasteiger partial charge is 0.0535 e. The van der Waals surface area contributed by atoms with E-state index in [1.807, 2.05) is 0 Å². The van der Waals surface area contributed by atoms with Crippen LogP contribution in [0.4, 0.5) is 0 Å². The first-order valence-electron chi connectivity index (χ1n) is 5.23. The van der Waals surface area contributed by atoms with E-state index < -0.39 is 0 Å². The number of fused-ring (bicyclic) bond motifs is 3. The molecule has 0 saturated carbocycles. The fourth-order valence-electron chi connectivity index (χ4n) is 2.19. The Morgan fingerprint density at radius 3 is 2.53 bits per heavy atom. The minimum Gasteiger partial charge on any atom is -0.358 e. The van der Waals surface area contributed by atoms with Gasteiger partial charge in [-0.15, -0.1) is 0 Å². The average molecular weight is 195 g/mol. The van der Waals surface area contributed by atoms with Crippen LogP contribution in [0.5, 0.6) is 0 Å². The van der Waals surface area contributed by atoms with E-state index in [1.165, 1.54) is 32.9 Å². The Bertz CT molecular complexity index is 647. The second-order valence-corrected chi connectivity index (χ2v) is 4.21. The van der Waals surface area contributed by atoms with Gasteiger partial charge < -0.3 is 4.98 Å². The molecule has 0 atom stereocenters. The molecule has 0 saturated heterocycles. The largest absolute Gasteiger partial charge is 0.358 e. The molecule has 2 aromatic carbocycles. The molecule has 0 amide bonds. The second-order valence-electron chi connectivity index (χ2n) is 4.21. The fourth-order valence-corrected chi connectivity index (χ4v) is 2.19. The predicted molar refractivity (Wildman–Crippen MR) is 65.3 cm³/mol. The molecular weight excluding hydrogens is 182 g/mol. The Kier molecular flexibility index (Phi) is 1.63. The van der Waals surface area contributed by atoms with Gasteiger partial charge in [-0.2, -0.15) is 0 Å². The maximum Gasteiger partial charge on any atom is 0.0535 e. The average Bonchev–Trinajstić information content (AvgIpc) is 2.58. The van der Waals surface area contributed by atoms with Crippen LogP contribution >= 0.6 is 0 Å². The molecular formula is C14H13N. The minimum atomic E-state index is 1.22. The molecule has 1 N–H and O–H groups in total. The summed E-state index contributed by atoms with van der Waals surface area (Å²) < 4.78 is 0. The number of aromatic nitrogens is 1. The molecule has 1 heteroatoms. The van der Waals surface area contributed by atoms with Crippen LogP contribution in [0.15, 0.2) is 36.4 Å². The summed E-state index contributed by atoms with van der Waals surface area (Å²) in [5, 5.41) is 3.92. The van der Waals surface area contributed by atoms with Crippen LogP contribution in [0.1, 0.15) is 11.3 Å². The van der Waals surface area contributed by atoms with E-state index in [0.717, 1.165) is 0 Å². The Hall–Kier alpha value is -1.76. The van der Waals surface area contributed by atoms with Crippen molar-refractivity contribution in [2.45, 2.75) is 13.8 Å². The topological polar surface area (TPSA) is 15.8 Å². The Morgan fingerprint density at radius 2 is 1.67 bits per heavy atom. The van der Waals surface area contributed by atoms with Crippen LogP contribution in [-0.2, 0) is 0 Å². The lowest BCUT2D eigenvalue weighted by atomic mass is 10.1. The third-order valence-electron chi connectivity index (χ3n) is 2.90. The normalized spacial score (nSPS) is 11.3. The van der Waals surface area contributed by atoms with Gasteiger partial charge in [-0.3, -0.25) is 0 Å². The molecule has 0 unspecified atom stereocenters. The number of aryl methyl sites for hydroxylation is 2. The summed E-state index contributed by atoms with van der Waals surface area (Å²) in [5.41, 5.74) is 3.79. The van der Waals surface area contributed by atoms with Crippen molar-refractivity contribution in [1.29, 1.82) is 0 Å². The molecule has 1 nitrogen and oxygen atoms in total. The van der Waals surface area contributed by atoms with Gasteiger partial charge in [-0.1, -0.05) is 35.9 Å². The quantitative estimate of drug-likeness (QED) is 0.559. The molecule has 1 heterocycles. The first-order valence-corrected chi connectivity index (χ1v) is 5.23. The van der Waals surface area contributed by atoms with Crippen LogP contribution in [0, 0.1) is 13.8 Å². The zero-order valence-corrected chi connectivity index (χ0v) is 8.96. The van der Waals surface area contributed by atoms with Gasteiger partial charge in [0.25, 0.3) is 0 Å². The predicted octanol–water partition coefficient (Wildman–Crippen LogP) is 3.94. The number of nitrogens with one attached hydrogen (secondary N) is 1. The lowest BCUT2D eigenvalue weighted by molar-refractivity contribution is 1.30. The van der Waals surface area contributed by atoms with Crippen LogP contribution in [0.2, 0.25) is 0 Å². The summed E-state index contributed by atoms with van der Waals surface area (Å²) in [6.45, 7) is 4.23. The summed E-state index contributed by atoms with van der Waals surface area (Å²) in [7, 11) is 0. The monoisotopic (exact) mass is 195 g/mol.